The van der Waals surface area contributed by atoms with Crippen LogP contribution in [0.4, 0.5) is 0 Å². The summed E-state index contributed by atoms with van der Waals surface area (Å²) in [5.74, 6) is 0.440. The van der Waals surface area contributed by atoms with Gasteiger partial charge in [-0.15, -0.1) is 11.3 Å². The molecule has 0 aromatic carbocycles. The minimum Gasteiger partial charge on any atom is -0.463 e. The third kappa shape index (κ3) is 3.40. The molecule has 1 atom stereocenters. The second-order valence-electron chi connectivity index (χ2n) is 5.02. The lowest BCUT2D eigenvalue weighted by Gasteiger charge is -2.15. The maximum Gasteiger partial charge on any atom is 0.267 e. The van der Waals surface area contributed by atoms with Gasteiger partial charge in [-0.05, 0) is 36.6 Å². The Morgan fingerprint density at radius 3 is 2.91 bits per heavy atom. The third-order valence-electron chi connectivity index (χ3n) is 3.32. The maximum absolute atomic E-state index is 12.0. The van der Waals surface area contributed by atoms with Gasteiger partial charge in [-0.3, -0.25) is 9.59 Å². The first-order valence-electron chi connectivity index (χ1n) is 7.10. The standard InChI is InChI=1S/C16H15N3O3S/c1-11(10-17-16(21)14-5-3-9-23-14)19-15(20)7-6-12(18-19)13-4-2-8-22-13/h2-9,11H,10H2,1H3,(H,17,21). The van der Waals surface area contributed by atoms with Crippen LogP contribution in [0.25, 0.3) is 11.5 Å². The summed E-state index contributed by atoms with van der Waals surface area (Å²) >= 11 is 1.37. The van der Waals surface area contributed by atoms with E-state index in [2.05, 4.69) is 10.4 Å². The minimum absolute atomic E-state index is 0.151. The summed E-state index contributed by atoms with van der Waals surface area (Å²) in [5, 5.41) is 8.97. The maximum atomic E-state index is 12.0. The highest BCUT2D eigenvalue weighted by atomic mass is 32.1. The number of carbonyl (C=O) groups excluding carboxylic acids is 1. The lowest BCUT2D eigenvalue weighted by atomic mass is 10.3. The van der Waals surface area contributed by atoms with E-state index in [1.165, 1.54) is 22.1 Å². The zero-order valence-corrected chi connectivity index (χ0v) is 13.2. The first-order valence-corrected chi connectivity index (χ1v) is 7.98. The van der Waals surface area contributed by atoms with Gasteiger partial charge in [0.15, 0.2) is 5.76 Å². The fourth-order valence-corrected chi connectivity index (χ4v) is 2.76. The highest BCUT2D eigenvalue weighted by molar-refractivity contribution is 7.12. The van der Waals surface area contributed by atoms with Gasteiger partial charge >= 0.3 is 0 Å². The SMILES string of the molecule is CC(CNC(=O)c1cccs1)n1nc(-c2ccco2)ccc1=O. The minimum atomic E-state index is -0.277. The molecule has 0 saturated heterocycles. The zero-order valence-electron chi connectivity index (χ0n) is 12.4. The Morgan fingerprint density at radius 2 is 2.22 bits per heavy atom. The fraction of sp³-hybridized carbons (Fsp3) is 0.188. The van der Waals surface area contributed by atoms with E-state index in [1.807, 2.05) is 18.4 Å². The molecule has 1 N–H and O–H groups in total. The molecule has 23 heavy (non-hydrogen) atoms. The first kappa shape index (κ1) is 15.2. The molecule has 0 bridgehead atoms. The number of hydrogen-bond donors (Lipinski definition) is 1. The Bertz CT molecular complexity index is 838. The van der Waals surface area contributed by atoms with E-state index >= 15 is 0 Å². The molecule has 3 aromatic heterocycles. The number of aromatic nitrogens is 2. The van der Waals surface area contributed by atoms with Gasteiger partial charge in [0.1, 0.15) is 5.69 Å². The molecule has 1 unspecified atom stereocenters. The van der Waals surface area contributed by atoms with Crippen LogP contribution in [0.1, 0.15) is 22.6 Å². The van der Waals surface area contributed by atoms with Crippen LogP contribution in [0, 0.1) is 0 Å². The lowest BCUT2D eigenvalue weighted by Crippen LogP contribution is -2.34. The quantitative estimate of drug-likeness (QED) is 0.780. The number of hydrogen-bond acceptors (Lipinski definition) is 5. The highest BCUT2D eigenvalue weighted by Gasteiger charge is 2.13. The summed E-state index contributed by atoms with van der Waals surface area (Å²) in [6, 6.07) is 9.91. The van der Waals surface area contributed by atoms with Crippen molar-refractivity contribution in [3.05, 3.63) is 63.3 Å². The summed E-state index contributed by atoms with van der Waals surface area (Å²) in [6.45, 7) is 2.14. The summed E-state index contributed by atoms with van der Waals surface area (Å²) in [5.41, 5.74) is 0.351. The van der Waals surface area contributed by atoms with Crippen molar-refractivity contribution in [2.45, 2.75) is 13.0 Å². The molecule has 0 radical (unpaired) electrons. The van der Waals surface area contributed by atoms with Gasteiger partial charge in [-0.1, -0.05) is 6.07 Å². The van der Waals surface area contributed by atoms with Crippen molar-refractivity contribution in [3.8, 4) is 11.5 Å². The van der Waals surface area contributed by atoms with Crippen LogP contribution in [0.5, 0.6) is 0 Å². The number of nitrogens with zero attached hydrogens (tertiary/aromatic N) is 2. The number of carbonyl (C=O) groups is 1. The first-order chi connectivity index (χ1) is 11.1. The number of nitrogens with one attached hydrogen (secondary N) is 1. The molecular weight excluding hydrogens is 314 g/mol. The van der Waals surface area contributed by atoms with Crippen LogP contribution in [-0.2, 0) is 0 Å². The van der Waals surface area contributed by atoms with Crippen molar-refractivity contribution < 1.29 is 9.21 Å². The number of thiophene rings is 1. The Kier molecular flexibility index (Phi) is 4.38. The normalized spacial score (nSPS) is 12.0. The molecule has 0 aliphatic heterocycles. The summed E-state index contributed by atoms with van der Waals surface area (Å²) in [4.78, 5) is 24.6. The van der Waals surface area contributed by atoms with E-state index in [0.29, 0.717) is 22.9 Å². The molecule has 0 fully saturated rings. The topological polar surface area (TPSA) is 77.1 Å². The molecule has 1 amide bonds. The Hall–Kier alpha value is -2.67. The van der Waals surface area contributed by atoms with Crippen molar-refractivity contribution in [2.24, 2.45) is 0 Å². The van der Waals surface area contributed by atoms with Gasteiger partial charge in [0, 0.05) is 12.6 Å². The largest absolute Gasteiger partial charge is 0.463 e. The Balaban J connectivity index is 1.74. The molecular formula is C16H15N3O3S. The van der Waals surface area contributed by atoms with Crippen LogP contribution < -0.4 is 10.9 Å². The average Bonchev–Trinajstić information content (AvgIpc) is 3.25. The van der Waals surface area contributed by atoms with Crippen LogP contribution >= 0.6 is 11.3 Å². The van der Waals surface area contributed by atoms with Crippen LogP contribution in [0.3, 0.4) is 0 Å². The fourth-order valence-electron chi connectivity index (χ4n) is 2.12. The van der Waals surface area contributed by atoms with E-state index in [9.17, 15) is 9.59 Å². The smallest absolute Gasteiger partial charge is 0.267 e. The third-order valence-corrected chi connectivity index (χ3v) is 4.19. The Labute approximate surface area is 136 Å². The summed E-state index contributed by atoms with van der Waals surface area (Å²) in [7, 11) is 0. The lowest BCUT2D eigenvalue weighted by molar-refractivity contribution is 0.0951. The van der Waals surface area contributed by atoms with Gasteiger partial charge in [0.05, 0.1) is 17.2 Å². The molecule has 6 nitrogen and oxygen atoms in total. The van der Waals surface area contributed by atoms with E-state index in [0.717, 1.165) is 0 Å². The monoisotopic (exact) mass is 329 g/mol. The van der Waals surface area contributed by atoms with Crippen LogP contribution in [0.15, 0.2) is 57.3 Å². The zero-order chi connectivity index (χ0) is 16.2. The van der Waals surface area contributed by atoms with Crippen molar-refractivity contribution in [1.82, 2.24) is 15.1 Å². The van der Waals surface area contributed by atoms with Crippen LogP contribution in [-0.4, -0.2) is 22.2 Å². The van der Waals surface area contributed by atoms with Gasteiger partial charge in [-0.2, -0.15) is 5.10 Å². The van der Waals surface area contributed by atoms with Gasteiger partial charge in [0.25, 0.3) is 11.5 Å². The van der Waals surface area contributed by atoms with Crippen LogP contribution in [0.2, 0.25) is 0 Å². The van der Waals surface area contributed by atoms with Gasteiger partial charge in [0.2, 0.25) is 0 Å². The van der Waals surface area contributed by atoms with E-state index in [1.54, 1.807) is 30.5 Å². The second-order valence-corrected chi connectivity index (χ2v) is 5.96. The van der Waals surface area contributed by atoms with Crippen molar-refractivity contribution in [1.29, 1.82) is 0 Å². The number of amides is 1. The molecule has 0 aliphatic rings. The molecule has 3 heterocycles. The van der Waals surface area contributed by atoms with E-state index in [-0.39, 0.29) is 17.5 Å². The summed E-state index contributed by atoms with van der Waals surface area (Å²) < 4.78 is 6.65. The molecule has 3 aromatic rings. The molecule has 0 saturated carbocycles. The Morgan fingerprint density at radius 1 is 1.35 bits per heavy atom. The molecule has 3 rings (SSSR count). The number of rotatable bonds is 5. The molecule has 7 heteroatoms. The van der Waals surface area contributed by atoms with Crippen molar-refractivity contribution in [3.63, 3.8) is 0 Å². The predicted octanol–water partition coefficient (Wildman–Crippen LogP) is 2.56. The van der Waals surface area contributed by atoms with Gasteiger partial charge in [-0.25, -0.2) is 4.68 Å². The highest BCUT2D eigenvalue weighted by Crippen LogP contribution is 2.16. The van der Waals surface area contributed by atoms with E-state index in [4.69, 9.17) is 4.42 Å². The van der Waals surface area contributed by atoms with Crippen molar-refractivity contribution in [2.75, 3.05) is 6.54 Å². The molecule has 0 aliphatic carbocycles. The predicted molar refractivity (Wildman–Crippen MR) is 87.6 cm³/mol. The van der Waals surface area contributed by atoms with E-state index < -0.39 is 0 Å². The molecule has 0 spiro atoms. The van der Waals surface area contributed by atoms with Crippen molar-refractivity contribution >= 4 is 17.2 Å². The average molecular weight is 329 g/mol. The van der Waals surface area contributed by atoms with Gasteiger partial charge < -0.3 is 9.73 Å². The number of furan rings is 1. The molecule has 118 valence electrons. The second kappa shape index (κ2) is 6.62. The summed E-state index contributed by atoms with van der Waals surface area (Å²) in [6.07, 6.45) is 1.55.